The van der Waals surface area contributed by atoms with Gasteiger partial charge >= 0.3 is 104 Å². The molecule has 0 nitrogen and oxygen atoms in total. The van der Waals surface area contributed by atoms with E-state index in [-0.39, 0.29) is 0 Å². The molecule has 1 heteroatoms. The first-order valence-electron chi connectivity index (χ1n) is 7.39. The molecule has 0 fully saturated rings. The molecule has 1 unspecified atom stereocenters. The number of unbranched alkanes of at least 4 members (excludes halogenated alkanes) is 2. The molecule has 0 spiro atoms. The number of rotatable bonds is 9. The molecule has 0 radical (unpaired) electrons. The van der Waals surface area contributed by atoms with Crippen LogP contribution in [0.3, 0.4) is 0 Å². The summed E-state index contributed by atoms with van der Waals surface area (Å²) < 4.78 is 0. The predicted octanol–water partition coefficient (Wildman–Crippen LogP) is 5.59. The SMILES string of the molecule is CCCCP(C)(C)(CCCC)C(C)CCC. The molecule has 0 N–H and O–H groups in total. The quantitative estimate of drug-likeness (QED) is 0.465. The van der Waals surface area contributed by atoms with Crippen molar-refractivity contribution in [3.05, 3.63) is 0 Å². The Balaban J connectivity index is 4.68. The van der Waals surface area contributed by atoms with Crippen molar-refractivity contribution in [2.24, 2.45) is 0 Å². The molecule has 0 aliphatic rings. The fourth-order valence-electron chi connectivity index (χ4n) is 2.77. The van der Waals surface area contributed by atoms with E-state index in [2.05, 4.69) is 41.0 Å². The number of hydrogen-bond acceptors (Lipinski definition) is 0. The van der Waals surface area contributed by atoms with Gasteiger partial charge in [-0.25, -0.2) is 0 Å². The van der Waals surface area contributed by atoms with E-state index < -0.39 is 6.60 Å². The average Bonchev–Trinajstić information content (AvgIpc) is 2.25. The van der Waals surface area contributed by atoms with Crippen LogP contribution in [0.2, 0.25) is 0 Å². The van der Waals surface area contributed by atoms with E-state index in [4.69, 9.17) is 0 Å². The van der Waals surface area contributed by atoms with Gasteiger partial charge < -0.3 is 0 Å². The van der Waals surface area contributed by atoms with Crippen LogP contribution in [-0.4, -0.2) is 31.3 Å². The zero-order valence-electron chi connectivity index (χ0n) is 12.7. The van der Waals surface area contributed by atoms with Crippen LogP contribution in [0.15, 0.2) is 0 Å². The Hall–Kier alpha value is 0.430. The van der Waals surface area contributed by atoms with Gasteiger partial charge in [0.05, 0.1) is 0 Å². The molecule has 0 aliphatic heterocycles. The maximum atomic E-state index is 2.68. The van der Waals surface area contributed by atoms with E-state index in [9.17, 15) is 0 Å². The van der Waals surface area contributed by atoms with Gasteiger partial charge in [-0.15, -0.1) is 0 Å². The summed E-state index contributed by atoms with van der Waals surface area (Å²) in [6.07, 6.45) is 11.5. The Morgan fingerprint density at radius 1 is 0.812 bits per heavy atom. The molecule has 0 bridgehead atoms. The van der Waals surface area contributed by atoms with E-state index in [0.29, 0.717) is 0 Å². The Morgan fingerprint density at radius 2 is 1.25 bits per heavy atom. The van der Waals surface area contributed by atoms with Crippen LogP contribution in [-0.2, 0) is 0 Å². The van der Waals surface area contributed by atoms with Gasteiger partial charge in [0.15, 0.2) is 0 Å². The van der Waals surface area contributed by atoms with Crippen molar-refractivity contribution in [1.29, 1.82) is 0 Å². The summed E-state index contributed by atoms with van der Waals surface area (Å²) in [5.74, 6) is 0. The van der Waals surface area contributed by atoms with Crippen LogP contribution in [0.25, 0.3) is 0 Å². The predicted molar refractivity (Wildman–Crippen MR) is 82.7 cm³/mol. The van der Waals surface area contributed by atoms with Crippen LogP contribution in [0, 0.1) is 0 Å². The zero-order chi connectivity index (χ0) is 12.7. The second-order valence-electron chi connectivity index (χ2n) is 6.61. The van der Waals surface area contributed by atoms with Gasteiger partial charge in [0.25, 0.3) is 0 Å². The molecule has 16 heavy (non-hydrogen) atoms. The summed E-state index contributed by atoms with van der Waals surface area (Å²) in [4.78, 5) is 0. The molecule has 0 aliphatic carbocycles. The van der Waals surface area contributed by atoms with Crippen LogP contribution in [0.4, 0.5) is 0 Å². The van der Waals surface area contributed by atoms with Crippen LogP contribution in [0.1, 0.15) is 66.2 Å². The standard InChI is InChI=1S/C15H35P/c1-7-10-13-16(5,6,14-11-8-2)15(4)12-9-3/h15H,7-14H2,1-6H3. The van der Waals surface area contributed by atoms with Gasteiger partial charge in [-0.2, -0.15) is 0 Å². The third kappa shape index (κ3) is 4.74. The van der Waals surface area contributed by atoms with E-state index >= 15 is 0 Å². The van der Waals surface area contributed by atoms with Crippen molar-refractivity contribution in [1.82, 2.24) is 0 Å². The van der Waals surface area contributed by atoms with E-state index in [1.165, 1.54) is 50.8 Å². The van der Waals surface area contributed by atoms with Gasteiger partial charge in [0, 0.05) is 0 Å². The van der Waals surface area contributed by atoms with Crippen LogP contribution < -0.4 is 0 Å². The zero-order valence-corrected chi connectivity index (χ0v) is 13.6. The first-order chi connectivity index (χ1) is 7.39. The van der Waals surface area contributed by atoms with Crippen molar-refractivity contribution in [3.8, 4) is 0 Å². The topological polar surface area (TPSA) is 0 Å². The minimum absolute atomic E-state index is 0.981. The Kier molecular flexibility index (Phi) is 7.18. The van der Waals surface area contributed by atoms with Crippen molar-refractivity contribution in [2.75, 3.05) is 25.7 Å². The Labute approximate surface area is 105 Å². The first-order valence-corrected chi connectivity index (χ1v) is 11.0. The minimum atomic E-state index is -1.39. The molecule has 0 saturated heterocycles. The molecule has 0 aromatic rings. The van der Waals surface area contributed by atoms with Crippen molar-refractivity contribution in [3.63, 3.8) is 0 Å². The molecule has 0 aromatic heterocycles. The second-order valence-corrected chi connectivity index (χ2v) is 14.0. The maximum absolute atomic E-state index is 2.68. The van der Waals surface area contributed by atoms with Crippen molar-refractivity contribution < 1.29 is 0 Å². The van der Waals surface area contributed by atoms with E-state index in [0.717, 1.165) is 5.66 Å². The molecule has 100 valence electrons. The summed E-state index contributed by atoms with van der Waals surface area (Å²) in [6.45, 7) is 13.5. The second kappa shape index (κ2) is 7.00. The summed E-state index contributed by atoms with van der Waals surface area (Å²) in [6, 6.07) is 0. The molecule has 0 rings (SSSR count). The van der Waals surface area contributed by atoms with Gasteiger partial charge in [0.2, 0.25) is 0 Å². The molecular formula is C15H35P. The average molecular weight is 246 g/mol. The van der Waals surface area contributed by atoms with Gasteiger partial charge in [-0.05, 0) is 0 Å². The summed E-state index contributed by atoms with van der Waals surface area (Å²) in [7, 11) is 0. The molecule has 0 saturated carbocycles. The van der Waals surface area contributed by atoms with Crippen LogP contribution in [0.5, 0.6) is 0 Å². The van der Waals surface area contributed by atoms with E-state index in [1.807, 2.05) is 0 Å². The summed E-state index contributed by atoms with van der Waals surface area (Å²) >= 11 is 0. The van der Waals surface area contributed by atoms with Crippen molar-refractivity contribution in [2.45, 2.75) is 71.9 Å². The molecular weight excluding hydrogens is 211 g/mol. The van der Waals surface area contributed by atoms with Gasteiger partial charge in [-0.3, -0.25) is 0 Å². The normalized spacial score (nSPS) is 16.8. The first kappa shape index (κ1) is 16.4. The van der Waals surface area contributed by atoms with Gasteiger partial charge in [0.1, 0.15) is 0 Å². The third-order valence-electron chi connectivity index (χ3n) is 4.70. The molecule has 0 aromatic carbocycles. The summed E-state index contributed by atoms with van der Waals surface area (Å²) in [5.41, 5.74) is 0.981. The third-order valence-corrected chi connectivity index (χ3v) is 11.5. The fourth-order valence-corrected chi connectivity index (χ4v) is 7.72. The Morgan fingerprint density at radius 3 is 1.56 bits per heavy atom. The van der Waals surface area contributed by atoms with E-state index in [1.54, 1.807) is 0 Å². The molecule has 0 amide bonds. The Bertz CT molecular complexity index is 172. The molecule has 0 heterocycles. The number of hydrogen-bond donors (Lipinski definition) is 0. The monoisotopic (exact) mass is 246 g/mol. The van der Waals surface area contributed by atoms with Crippen LogP contribution >= 0.6 is 6.60 Å². The molecule has 1 atom stereocenters. The fraction of sp³-hybridized carbons (Fsp3) is 1.00. The summed E-state index contributed by atoms with van der Waals surface area (Å²) in [5, 5.41) is 0. The van der Waals surface area contributed by atoms with Gasteiger partial charge in [-0.1, -0.05) is 0 Å². The van der Waals surface area contributed by atoms with Crippen molar-refractivity contribution >= 4 is 6.60 Å².